The minimum Gasteiger partial charge on any atom is -0.406 e. The van der Waals surface area contributed by atoms with Crippen LogP contribution in [0.3, 0.4) is 0 Å². The molecule has 0 fully saturated rings. The Bertz CT molecular complexity index is 653. The summed E-state index contributed by atoms with van der Waals surface area (Å²) in [7, 11) is 0. The van der Waals surface area contributed by atoms with E-state index in [1.54, 1.807) is 6.07 Å². The highest BCUT2D eigenvalue weighted by molar-refractivity contribution is 8.13. The third-order valence-corrected chi connectivity index (χ3v) is 4.46. The van der Waals surface area contributed by atoms with Crippen LogP contribution in [0.4, 0.5) is 18.9 Å². The van der Waals surface area contributed by atoms with Gasteiger partial charge in [-0.2, -0.15) is 0 Å². The number of thioether (sulfide) groups is 1. The molecule has 0 aromatic heterocycles. The zero-order chi connectivity index (χ0) is 18.4. The van der Waals surface area contributed by atoms with Gasteiger partial charge in [0.25, 0.3) is 0 Å². The van der Waals surface area contributed by atoms with E-state index in [1.807, 2.05) is 6.92 Å². The van der Waals surface area contributed by atoms with E-state index in [2.05, 4.69) is 33.5 Å². The number of halogens is 3. The van der Waals surface area contributed by atoms with Crippen molar-refractivity contribution >= 4 is 28.5 Å². The molecular weight excluding hydrogens is 351 g/mol. The predicted molar refractivity (Wildman–Crippen MR) is 96.8 cm³/mol. The highest BCUT2D eigenvalue weighted by atomic mass is 32.2. The number of nitrogens with zero attached hydrogens (tertiary/aromatic N) is 3. The largest absolute Gasteiger partial charge is 0.573 e. The molecule has 2 rings (SSSR count). The van der Waals surface area contributed by atoms with Crippen molar-refractivity contribution < 1.29 is 17.9 Å². The van der Waals surface area contributed by atoms with Gasteiger partial charge >= 0.3 is 6.36 Å². The fourth-order valence-electron chi connectivity index (χ4n) is 2.49. The molecule has 4 nitrogen and oxygen atoms in total. The van der Waals surface area contributed by atoms with Crippen molar-refractivity contribution in [2.75, 3.05) is 13.1 Å². The number of benzene rings is 1. The maximum atomic E-state index is 12.4. The second-order valence-corrected chi connectivity index (χ2v) is 6.61. The van der Waals surface area contributed by atoms with Gasteiger partial charge in [0, 0.05) is 24.9 Å². The molecule has 0 saturated carbocycles. The van der Waals surface area contributed by atoms with Crippen LogP contribution >= 0.6 is 11.8 Å². The molecule has 0 bridgehead atoms. The third-order valence-electron chi connectivity index (χ3n) is 3.57. The smallest absolute Gasteiger partial charge is 0.406 e. The number of hydrogen-bond acceptors (Lipinski definition) is 4. The Kier molecular flexibility index (Phi) is 6.75. The zero-order valence-corrected chi connectivity index (χ0v) is 15.4. The number of fused-ring (bicyclic) bond motifs is 1. The number of amidine groups is 2. The first-order chi connectivity index (χ1) is 11.8. The molecule has 1 aromatic carbocycles. The molecule has 0 N–H and O–H groups in total. The fraction of sp³-hybridized carbons (Fsp3) is 0.529. The number of aliphatic imine (C=N–C) groups is 2. The van der Waals surface area contributed by atoms with Crippen LogP contribution in [-0.2, 0) is 5.75 Å². The lowest BCUT2D eigenvalue weighted by Crippen LogP contribution is -2.31. The summed E-state index contributed by atoms with van der Waals surface area (Å²) in [5.41, 5.74) is 1.35. The van der Waals surface area contributed by atoms with Crippen LogP contribution in [0.25, 0.3) is 0 Å². The summed E-state index contributed by atoms with van der Waals surface area (Å²) in [5.74, 6) is 1.24. The number of rotatable bonds is 5. The molecule has 0 amide bonds. The maximum absolute atomic E-state index is 12.4. The average Bonchev–Trinajstić information content (AvgIpc) is 2.52. The lowest BCUT2D eigenvalue weighted by atomic mass is 10.2. The van der Waals surface area contributed by atoms with Gasteiger partial charge in [-0.3, -0.25) is 0 Å². The van der Waals surface area contributed by atoms with E-state index >= 15 is 0 Å². The standard InChI is InChI=1S/C17H22F3N3OS/c1-4-8-23(9-5-2)12(3)21-16-22-15-10-14(24-17(18,19)20)7-6-13(15)11-25-16/h6-7,10H,4-5,8-9,11H2,1-3H3. The third kappa shape index (κ3) is 5.95. The number of alkyl halides is 3. The van der Waals surface area contributed by atoms with E-state index in [4.69, 9.17) is 0 Å². The Balaban J connectivity index is 2.22. The number of ether oxygens (including phenoxy) is 1. The lowest BCUT2D eigenvalue weighted by Gasteiger charge is -2.23. The molecule has 1 aliphatic rings. The normalized spacial score (nSPS) is 14.8. The van der Waals surface area contributed by atoms with Gasteiger partial charge < -0.3 is 9.64 Å². The second-order valence-electron chi connectivity index (χ2n) is 5.67. The molecule has 1 heterocycles. The van der Waals surface area contributed by atoms with E-state index in [0.29, 0.717) is 16.6 Å². The summed E-state index contributed by atoms with van der Waals surface area (Å²) >= 11 is 1.48. The van der Waals surface area contributed by atoms with E-state index in [-0.39, 0.29) is 5.75 Å². The van der Waals surface area contributed by atoms with Gasteiger partial charge in [-0.25, -0.2) is 9.98 Å². The van der Waals surface area contributed by atoms with E-state index in [9.17, 15) is 13.2 Å². The average molecular weight is 373 g/mol. The van der Waals surface area contributed by atoms with E-state index in [1.165, 1.54) is 23.9 Å². The Hall–Kier alpha value is -1.70. The van der Waals surface area contributed by atoms with Crippen LogP contribution in [-0.4, -0.2) is 35.4 Å². The molecule has 0 saturated heterocycles. The zero-order valence-electron chi connectivity index (χ0n) is 14.6. The van der Waals surface area contributed by atoms with Crippen molar-refractivity contribution in [3.8, 4) is 5.75 Å². The topological polar surface area (TPSA) is 37.2 Å². The summed E-state index contributed by atoms with van der Waals surface area (Å²) in [5, 5.41) is 0.561. The van der Waals surface area contributed by atoms with Crippen LogP contribution in [0.15, 0.2) is 28.2 Å². The monoisotopic (exact) mass is 373 g/mol. The van der Waals surface area contributed by atoms with Crippen molar-refractivity contribution in [2.45, 2.75) is 45.7 Å². The van der Waals surface area contributed by atoms with Gasteiger partial charge in [-0.1, -0.05) is 31.7 Å². The predicted octanol–water partition coefficient (Wildman–Crippen LogP) is 5.36. The molecule has 8 heteroatoms. The minimum absolute atomic E-state index is 0.263. The minimum atomic E-state index is -4.71. The van der Waals surface area contributed by atoms with Crippen LogP contribution in [0, 0.1) is 0 Å². The molecular formula is C17H22F3N3OS. The van der Waals surface area contributed by atoms with Gasteiger partial charge in [0.05, 0.1) is 5.69 Å². The second kappa shape index (κ2) is 8.60. The van der Waals surface area contributed by atoms with Crippen LogP contribution < -0.4 is 4.74 Å². The molecule has 138 valence electrons. The summed E-state index contributed by atoms with van der Waals surface area (Å²) in [4.78, 5) is 11.2. The first kappa shape index (κ1) is 19.6. The molecule has 0 unspecified atom stereocenters. The molecule has 1 aliphatic heterocycles. The molecule has 25 heavy (non-hydrogen) atoms. The van der Waals surface area contributed by atoms with Crippen molar-refractivity contribution in [3.63, 3.8) is 0 Å². The van der Waals surface area contributed by atoms with Gasteiger partial charge in [0.2, 0.25) is 0 Å². The maximum Gasteiger partial charge on any atom is 0.573 e. The summed E-state index contributed by atoms with van der Waals surface area (Å²) in [6, 6.07) is 4.23. The number of hydrogen-bond donors (Lipinski definition) is 0. The van der Waals surface area contributed by atoms with Gasteiger partial charge in [-0.05, 0) is 31.4 Å². The van der Waals surface area contributed by atoms with Gasteiger partial charge in [-0.15, -0.1) is 13.2 Å². The Morgan fingerprint density at radius 3 is 2.56 bits per heavy atom. The van der Waals surface area contributed by atoms with Crippen molar-refractivity contribution in [1.82, 2.24) is 4.90 Å². The fourth-order valence-corrected chi connectivity index (χ4v) is 3.37. The quantitative estimate of drug-likeness (QED) is 0.515. The molecule has 0 atom stereocenters. The van der Waals surface area contributed by atoms with Crippen molar-refractivity contribution in [1.29, 1.82) is 0 Å². The Morgan fingerprint density at radius 2 is 1.96 bits per heavy atom. The summed E-state index contributed by atoms with van der Waals surface area (Å²) in [6.45, 7) is 8.00. The SMILES string of the molecule is CCCN(CCC)C(C)=NC1=Nc2cc(OC(F)(F)F)ccc2CS1. The van der Waals surface area contributed by atoms with Crippen molar-refractivity contribution in [3.05, 3.63) is 23.8 Å². The van der Waals surface area contributed by atoms with Gasteiger partial charge in [0.1, 0.15) is 11.6 Å². The molecule has 0 radical (unpaired) electrons. The van der Waals surface area contributed by atoms with Crippen LogP contribution in [0.1, 0.15) is 39.2 Å². The lowest BCUT2D eigenvalue weighted by molar-refractivity contribution is -0.274. The summed E-state index contributed by atoms with van der Waals surface area (Å²) < 4.78 is 41.1. The molecule has 0 aliphatic carbocycles. The van der Waals surface area contributed by atoms with Crippen LogP contribution in [0.5, 0.6) is 5.75 Å². The van der Waals surface area contributed by atoms with Crippen molar-refractivity contribution in [2.24, 2.45) is 9.98 Å². The Morgan fingerprint density at radius 1 is 1.28 bits per heavy atom. The van der Waals surface area contributed by atoms with E-state index < -0.39 is 6.36 Å². The first-order valence-corrected chi connectivity index (χ1v) is 9.21. The molecule has 0 spiro atoms. The highest BCUT2D eigenvalue weighted by Gasteiger charge is 2.31. The molecule has 1 aromatic rings. The first-order valence-electron chi connectivity index (χ1n) is 8.22. The van der Waals surface area contributed by atoms with Crippen LogP contribution in [0.2, 0.25) is 0 Å². The highest BCUT2D eigenvalue weighted by Crippen LogP contribution is 2.35. The van der Waals surface area contributed by atoms with E-state index in [0.717, 1.165) is 37.3 Å². The Labute approximate surface area is 150 Å². The van der Waals surface area contributed by atoms with Gasteiger partial charge in [0.15, 0.2) is 5.17 Å². The summed E-state index contributed by atoms with van der Waals surface area (Å²) in [6.07, 6.45) is -2.67.